The van der Waals surface area contributed by atoms with Crippen molar-refractivity contribution in [2.75, 3.05) is 6.61 Å². The van der Waals surface area contributed by atoms with E-state index in [0.29, 0.717) is 0 Å². The number of hydrogen-bond acceptors (Lipinski definition) is 1. The fourth-order valence-corrected chi connectivity index (χ4v) is 1.34. The Balaban J connectivity index is 2.05. The first-order valence-corrected chi connectivity index (χ1v) is 5.60. The van der Waals surface area contributed by atoms with Gasteiger partial charge in [-0.15, -0.1) is 0 Å². The fourth-order valence-electron chi connectivity index (χ4n) is 1.34. The molecule has 0 aliphatic carbocycles. The first-order chi connectivity index (χ1) is 7.29. The highest BCUT2D eigenvalue weighted by Gasteiger charge is 1.91. The van der Waals surface area contributed by atoms with Crippen LogP contribution in [-0.4, -0.2) is 6.61 Å². The van der Waals surface area contributed by atoms with Gasteiger partial charge in [-0.1, -0.05) is 29.8 Å². The van der Waals surface area contributed by atoms with Crippen LogP contribution < -0.4 is 4.74 Å². The first kappa shape index (κ1) is 11.8. The predicted molar refractivity (Wildman–Crippen MR) is 65.2 cm³/mol. The van der Waals surface area contributed by atoms with E-state index in [2.05, 4.69) is 19.9 Å². The van der Waals surface area contributed by atoms with Crippen LogP contribution in [0.15, 0.2) is 42.0 Å². The van der Waals surface area contributed by atoms with Gasteiger partial charge in [-0.2, -0.15) is 0 Å². The van der Waals surface area contributed by atoms with Crippen LogP contribution in [0.3, 0.4) is 0 Å². The molecule has 0 radical (unpaired) electrons. The molecule has 1 aromatic carbocycles. The maximum absolute atomic E-state index is 5.59. The minimum absolute atomic E-state index is 0.820. The zero-order valence-corrected chi connectivity index (χ0v) is 9.70. The van der Waals surface area contributed by atoms with Crippen molar-refractivity contribution < 1.29 is 4.74 Å². The number of hydrogen-bond donors (Lipinski definition) is 0. The molecule has 0 aliphatic heterocycles. The Labute approximate surface area is 92.8 Å². The number of allylic oxidation sites excluding steroid dienone is 2. The van der Waals surface area contributed by atoms with Gasteiger partial charge in [0.15, 0.2) is 0 Å². The monoisotopic (exact) mass is 204 g/mol. The highest BCUT2D eigenvalue weighted by atomic mass is 16.5. The van der Waals surface area contributed by atoms with Crippen molar-refractivity contribution in [2.24, 2.45) is 0 Å². The largest absolute Gasteiger partial charge is 0.494 e. The number of benzene rings is 1. The van der Waals surface area contributed by atoms with Crippen LogP contribution >= 0.6 is 0 Å². The molecule has 0 heterocycles. The second kappa shape index (κ2) is 7.10. The minimum Gasteiger partial charge on any atom is -0.494 e. The second-order valence-electron chi connectivity index (χ2n) is 3.94. The molecule has 1 heteroatoms. The lowest BCUT2D eigenvalue weighted by Gasteiger charge is -2.04. The van der Waals surface area contributed by atoms with Gasteiger partial charge in [0.1, 0.15) is 5.75 Å². The third-order valence-electron chi connectivity index (χ3n) is 2.16. The third kappa shape index (κ3) is 5.95. The second-order valence-corrected chi connectivity index (χ2v) is 3.94. The lowest BCUT2D eigenvalue weighted by Crippen LogP contribution is -1.96. The molecule has 0 spiro atoms. The van der Waals surface area contributed by atoms with Gasteiger partial charge in [0.25, 0.3) is 0 Å². The summed E-state index contributed by atoms with van der Waals surface area (Å²) in [5.41, 5.74) is 1.40. The molecule has 0 fully saturated rings. The maximum Gasteiger partial charge on any atom is 0.119 e. The smallest absolute Gasteiger partial charge is 0.119 e. The molecule has 0 atom stereocenters. The van der Waals surface area contributed by atoms with E-state index < -0.39 is 0 Å². The Bertz CT molecular complexity index is 283. The topological polar surface area (TPSA) is 9.23 Å². The zero-order chi connectivity index (χ0) is 10.9. The number of rotatable bonds is 6. The van der Waals surface area contributed by atoms with Gasteiger partial charge in [-0.25, -0.2) is 0 Å². The Morgan fingerprint density at radius 3 is 2.53 bits per heavy atom. The Morgan fingerprint density at radius 1 is 1.13 bits per heavy atom. The van der Waals surface area contributed by atoms with Gasteiger partial charge in [0.2, 0.25) is 0 Å². The van der Waals surface area contributed by atoms with Crippen molar-refractivity contribution in [3.8, 4) is 5.75 Å². The molecule has 1 rings (SSSR count). The Hall–Kier alpha value is -1.24. The highest BCUT2D eigenvalue weighted by molar-refractivity contribution is 5.20. The molecule has 1 aromatic rings. The summed E-state index contributed by atoms with van der Waals surface area (Å²) in [5.74, 6) is 0.972. The van der Waals surface area contributed by atoms with Gasteiger partial charge < -0.3 is 4.74 Å². The van der Waals surface area contributed by atoms with E-state index in [1.807, 2.05) is 30.3 Å². The van der Waals surface area contributed by atoms with Crippen LogP contribution in [0, 0.1) is 0 Å². The van der Waals surface area contributed by atoms with Crippen LogP contribution in [0.2, 0.25) is 0 Å². The normalized spacial score (nSPS) is 9.73. The van der Waals surface area contributed by atoms with E-state index >= 15 is 0 Å². The Morgan fingerprint density at radius 2 is 1.87 bits per heavy atom. The van der Waals surface area contributed by atoms with Crippen molar-refractivity contribution in [3.05, 3.63) is 42.0 Å². The predicted octanol–water partition coefficient (Wildman–Crippen LogP) is 4.20. The standard InChI is InChI=1S/C14H20O/c1-13(2)9-5-4-8-12-15-14-10-6-3-7-11-14/h3,6-7,9-11H,4-5,8,12H2,1-2H3. The van der Waals surface area contributed by atoms with Gasteiger partial charge in [-0.05, 0) is 45.2 Å². The first-order valence-electron chi connectivity index (χ1n) is 5.60. The molecule has 0 saturated carbocycles. The van der Waals surface area contributed by atoms with Gasteiger partial charge in [0, 0.05) is 0 Å². The van der Waals surface area contributed by atoms with E-state index in [-0.39, 0.29) is 0 Å². The lowest BCUT2D eigenvalue weighted by molar-refractivity contribution is 0.307. The van der Waals surface area contributed by atoms with Gasteiger partial charge in [0.05, 0.1) is 6.61 Å². The molecular formula is C14H20O. The molecule has 1 nitrogen and oxygen atoms in total. The third-order valence-corrected chi connectivity index (χ3v) is 2.16. The Kier molecular flexibility index (Phi) is 5.60. The summed E-state index contributed by atoms with van der Waals surface area (Å²) in [7, 11) is 0. The van der Waals surface area contributed by atoms with E-state index in [1.54, 1.807) is 0 Å². The summed E-state index contributed by atoms with van der Waals surface area (Å²) in [6.45, 7) is 5.10. The molecule has 0 N–H and O–H groups in total. The summed E-state index contributed by atoms with van der Waals surface area (Å²) < 4.78 is 5.59. The number of unbranched alkanes of at least 4 members (excludes halogenated alkanes) is 2. The average molecular weight is 204 g/mol. The molecule has 0 amide bonds. The van der Waals surface area contributed by atoms with Crippen molar-refractivity contribution in [3.63, 3.8) is 0 Å². The summed E-state index contributed by atoms with van der Waals surface area (Å²) in [4.78, 5) is 0. The molecule has 0 aliphatic rings. The van der Waals surface area contributed by atoms with Gasteiger partial charge >= 0.3 is 0 Å². The van der Waals surface area contributed by atoms with Crippen LogP contribution in [0.1, 0.15) is 33.1 Å². The molecule has 0 unspecified atom stereocenters. The molecule has 0 saturated heterocycles. The molecule has 15 heavy (non-hydrogen) atoms. The number of para-hydroxylation sites is 1. The molecule has 0 aromatic heterocycles. The minimum atomic E-state index is 0.820. The van der Waals surface area contributed by atoms with Crippen molar-refractivity contribution in [2.45, 2.75) is 33.1 Å². The van der Waals surface area contributed by atoms with E-state index in [1.165, 1.54) is 18.4 Å². The summed E-state index contributed by atoms with van der Waals surface area (Å²) in [6, 6.07) is 9.99. The SMILES string of the molecule is CC(C)=CCCCCOc1ccccc1. The summed E-state index contributed by atoms with van der Waals surface area (Å²) in [5, 5.41) is 0. The van der Waals surface area contributed by atoms with Crippen molar-refractivity contribution >= 4 is 0 Å². The zero-order valence-electron chi connectivity index (χ0n) is 9.70. The molecule has 82 valence electrons. The highest BCUT2D eigenvalue weighted by Crippen LogP contribution is 2.09. The quantitative estimate of drug-likeness (QED) is 0.498. The number of ether oxygens (including phenoxy) is 1. The van der Waals surface area contributed by atoms with E-state index in [9.17, 15) is 0 Å². The van der Waals surface area contributed by atoms with Crippen LogP contribution in [0.5, 0.6) is 5.75 Å². The lowest BCUT2D eigenvalue weighted by atomic mass is 10.2. The fraction of sp³-hybridized carbons (Fsp3) is 0.429. The van der Waals surface area contributed by atoms with Crippen molar-refractivity contribution in [1.29, 1.82) is 0 Å². The molecular weight excluding hydrogens is 184 g/mol. The van der Waals surface area contributed by atoms with Crippen LogP contribution in [0.25, 0.3) is 0 Å². The van der Waals surface area contributed by atoms with Crippen LogP contribution in [-0.2, 0) is 0 Å². The van der Waals surface area contributed by atoms with E-state index in [4.69, 9.17) is 4.74 Å². The average Bonchev–Trinajstić information content (AvgIpc) is 2.24. The van der Waals surface area contributed by atoms with Crippen molar-refractivity contribution in [1.82, 2.24) is 0 Å². The maximum atomic E-state index is 5.59. The van der Waals surface area contributed by atoms with Crippen LogP contribution in [0.4, 0.5) is 0 Å². The van der Waals surface area contributed by atoms with Gasteiger partial charge in [-0.3, -0.25) is 0 Å². The van der Waals surface area contributed by atoms with E-state index in [0.717, 1.165) is 18.8 Å². The summed E-state index contributed by atoms with van der Waals surface area (Å²) in [6.07, 6.45) is 5.78. The molecule has 0 bridgehead atoms. The summed E-state index contributed by atoms with van der Waals surface area (Å²) >= 11 is 0.